The molecule has 1 rings (SSSR count). The lowest BCUT2D eigenvalue weighted by Crippen LogP contribution is -2.46. The van der Waals surface area contributed by atoms with Crippen molar-refractivity contribution in [2.24, 2.45) is 5.92 Å². The highest BCUT2D eigenvalue weighted by Gasteiger charge is 2.31. The lowest BCUT2D eigenvalue weighted by Gasteiger charge is -2.21. The first-order valence-corrected chi connectivity index (χ1v) is 4.85. The average molecular weight is 216 g/mol. The normalized spacial score (nSPS) is 16.9. The minimum Gasteiger partial charge on any atom is -0.465 e. The highest BCUT2D eigenvalue weighted by atomic mass is 16.7. The van der Waals surface area contributed by atoms with Crippen molar-refractivity contribution in [3.63, 3.8) is 0 Å². The minimum absolute atomic E-state index is 0.355. The number of rotatable bonds is 5. The largest absolute Gasteiger partial charge is 0.465 e. The maximum atomic E-state index is 11.6. The SMILES string of the molecule is CON(C)C(=O)[C@H](CC1CC1)NC(=O)O. The fourth-order valence-corrected chi connectivity index (χ4v) is 1.37. The monoisotopic (exact) mass is 216 g/mol. The maximum Gasteiger partial charge on any atom is 0.405 e. The molecule has 1 atom stereocenters. The first kappa shape index (κ1) is 11.8. The second kappa shape index (κ2) is 4.97. The van der Waals surface area contributed by atoms with Crippen LogP contribution in [0.5, 0.6) is 0 Å². The van der Waals surface area contributed by atoms with Gasteiger partial charge in [-0.1, -0.05) is 12.8 Å². The summed E-state index contributed by atoms with van der Waals surface area (Å²) in [5.74, 6) is 0.114. The lowest BCUT2D eigenvalue weighted by atomic mass is 10.1. The third kappa shape index (κ3) is 3.75. The summed E-state index contributed by atoms with van der Waals surface area (Å²) in [6, 6.07) is -0.694. The zero-order valence-electron chi connectivity index (χ0n) is 8.90. The van der Waals surface area contributed by atoms with Crippen LogP contribution in [-0.2, 0) is 9.63 Å². The van der Waals surface area contributed by atoms with Gasteiger partial charge in [0.05, 0.1) is 7.11 Å². The van der Waals surface area contributed by atoms with Crippen molar-refractivity contribution in [2.75, 3.05) is 14.2 Å². The first-order valence-electron chi connectivity index (χ1n) is 4.85. The van der Waals surface area contributed by atoms with E-state index in [2.05, 4.69) is 5.32 Å². The summed E-state index contributed by atoms with van der Waals surface area (Å²) in [5.41, 5.74) is 0. The summed E-state index contributed by atoms with van der Waals surface area (Å²) >= 11 is 0. The van der Waals surface area contributed by atoms with Gasteiger partial charge in [0.15, 0.2) is 0 Å². The van der Waals surface area contributed by atoms with E-state index in [0.717, 1.165) is 17.9 Å². The molecule has 0 heterocycles. The maximum absolute atomic E-state index is 11.6. The summed E-state index contributed by atoms with van der Waals surface area (Å²) < 4.78 is 0. The van der Waals surface area contributed by atoms with Crippen LogP contribution >= 0.6 is 0 Å². The van der Waals surface area contributed by atoms with Gasteiger partial charge in [-0.05, 0) is 12.3 Å². The fraction of sp³-hybridized carbons (Fsp3) is 0.778. The molecule has 0 spiro atoms. The molecular formula is C9H16N2O4. The Morgan fingerprint density at radius 2 is 2.20 bits per heavy atom. The molecule has 6 nitrogen and oxygen atoms in total. The number of amides is 2. The highest BCUT2D eigenvalue weighted by Crippen LogP contribution is 2.33. The van der Waals surface area contributed by atoms with Crippen LogP contribution in [-0.4, -0.2) is 42.4 Å². The zero-order valence-corrected chi connectivity index (χ0v) is 8.90. The Morgan fingerprint density at radius 1 is 1.60 bits per heavy atom. The topological polar surface area (TPSA) is 78.9 Å². The molecule has 0 saturated heterocycles. The van der Waals surface area contributed by atoms with E-state index in [1.54, 1.807) is 0 Å². The Balaban J connectivity index is 2.52. The third-order valence-corrected chi connectivity index (χ3v) is 2.45. The molecular weight excluding hydrogens is 200 g/mol. The molecule has 2 amide bonds. The number of nitrogens with zero attached hydrogens (tertiary/aromatic N) is 1. The van der Waals surface area contributed by atoms with E-state index in [9.17, 15) is 9.59 Å². The number of likely N-dealkylation sites (N-methyl/N-ethyl adjacent to an activating group) is 1. The van der Waals surface area contributed by atoms with Crippen LogP contribution in [0, 0.1) is 5.92 Å². The lowest BCUT2D eigenvalue weighted by molar-refractivity contribution is -0.171. The molecule has 1 aliphatic carbocycles. The van der Waals surface area contributed by atoms with Gasteiger partial charge < -0.3 is 10.4 Å². The summed E-state index contributed by atoms with van der Waals surface area (Å²) in [4.78, 5) is 26.9. The van der Waals surface area contributed by atoms with E-state index in [4.69, 9.17) is 9.94 Å². The van der Waals surface area contributed by atoms with Crippen LogP contribution in [0.25, 0.3) is 0 Å². The van der Waals surface area contributed by atoms with Crippen molar-refractivity contribution in [1.82, 2.24) is 10.4 Å². The van der Waals surface area contributed by atoms with Gasteiger partial charge in [0.25, 0.3) is 5.91 Å². The van der Waals surface area contributed by atoms with Gasteiger partial charge in [-0.25, -0.2) is 9.86 Å². The smallest absolute Gasteiger partial charge is 0.405 e. The number of hydrogen-bond donors (Lipinski definition) is 2. The molecule has 0 aliphatic heterocycles. The standard InChI is InChI=1S/C9H16N2O4/c1-11(15-2)8(12)7(10-9(13)14)5-6-3-4-6/h6-7,10H,3-5H2,1-2H3,(H,13,14)/t7-/m0/s1. The predicted molar refractivity (Wildman–Crippen MR) is 52.1 cm³/mol. The third-order valence-electron chi connectivity index (χ3n) is 2.45. The molecule has 0 aromatic rings. The molecule has 15 heavy (non-hydrogen) atoms. The molecule has 6 heteroatoms. The van der Waals surface area contributed by atoms with Gasteiger partial charge >= 0.3 is 6.09 Å². The van der Waals surface area contributed by atoms with Crippen molar-refractivity contribution in [1.29, 1.82) is 0 Å². The molecule has 86 valence electrons. The molecule has 0 unspecified atom stereocenters. The van der Waals surface area contributed by atoms with Gasteiger partial charge in [0.1, 0.15) is 6.04 Å². The highest BCUT2D eigenvalue weighted by molar-refractivity contribution is 5.84. The summed E-state index contributed by atoms with van der Waals surface area (Å²) in [7, 11) is 2.83. The van der Waals surface area contributed by atoms with Crippen LogP contribution in [0.1, 0.15) is 19.3 Å². The molecule has 2 N–H and O–H groups in total. The molecule has 0 aromatic heterocycles. The van der Waals surface area contributed by atoms with Crippen LogP contribution in [0.15, 0.2) is 0 Å². The quantitative estimate of drug-likeness (QED) is 0.654. The van der Waals surface area contributed by atoms with Gasteiger partial charge in [-0.15, -0.1) is 0 Å². The van der Waals surface area contributed by atoms with E-state index in [1.165, 1.54) is 14.2 Å². The Hall–Kier alpha value is -1.30. The number of hydroxylamine groups is 2. The van der Waals surface area contributed by atoms with E-state index in [0.29, 0.717) is 12.3 Å². The van der Waals surface area contributed by atoms with Gasteiger partial charge in [0.2, 0.25) is 0 Å². The molecule has 0 bridgehead atoms. The zero-order chi connectivity index (χ0) is 11.4. The Bertz CT molecular complexity index is 252. The second-order valence-electron chi connectivity index (χ2n) is 3.70. The van der Waals surface area contributed by atoms with E-state index >= 15 is 0 Å². The van der Waals surface area contributed by atoms with Crippen molar-refractivity contribution < 1.29 is 19.5 Å². The summed E-state index contributed by atoms with van der Waals surface area (Å²) in [6.07, 6.45) is 1.51. The first-order chi connectivity index (χ1) is 7.04. The number of nitrogens with one attached hydrogen (secondary N) is 1. The van der Waals surface area contributed by atoms with Crippen molar-refractivity contribution in [3.8, 4) is 0 Å². The number of hydrogen-bond acceptors (Lipinski definition) is 3. The van der Waals surface area contributed by atoms with Gasteiger partial charge in [0, 0.05) is 7.05 Å². The summed E-state index contributed by atoms with van der Waals surface area (Å²) in [6.45, 7) is 0. The van der Waals surface area contributed by atoms with Crippen molar-refractivity contribution in [3.05, 3.63) is 0 Å². The van der Waals surface area contributed by atoms with Crippen LogP contribution < -0.4 is 5.32 Å². The molecule has 1 aliphatic rings. The average Bonchev–Trinajstić information content (AvgIpc) is 2.97. The van der Waals surface area contributed by atoms with Crippen molar-refractivity contribution >= 4 is 12.0 Å². The number of carbonyl (C=O) groups is 2. The Labute approximate surface area is 88.1 Å². The van der Waals surface area contributed by atoms with E-state index in [1.807, 2.05) is 0 Å². The van der Waals surface area contributed by atoms with Crippen LogP contribution in [0.4, 0.5) is 4.79 Å². The van der Waals surface area contributed by atoms with Gasteiger partial charge in [-0.2, -0.15) is 0 Å². The number of carboxylic acid groups (broad SMARTS) is 1. The fourth-order valence-electron chi connectivity index (χ4n) is 1.37. The van der Waals surface area contributed by atoms with Crippen LogP contribution in [0.2, 0.25) is 0 Å². The molecule has 0 aromatic carbocycles. The Morgan fingerprint density at radius 3 is 2.60 bits per heavy atom. The number of carbonyl (C=O) groups excluding carboxylic acids is 1. The Kier molecular flexibility index (Phi) is 3.90. The minimum atomic E-state index is -1.18. The molecule has 1 fully saturated rings. The predicted octanol–water partition coefficient (Wildman–Crippen LogP) is 0.442. The molecule has 0 radical (unpaired) electrons. The van der Waals surface area contributed by atoms with Crippen molar-refractivity contribution in [2.45, 2.75) is 25.3 Å². The van der Waals surface area contributed by atoms with Crippen LogP contribution in [0.3, 0.4) is 0 Å². The van der Waals surface area contributed by atoms with E-state index < -0.39 is 12.1 Å². The van der Waals surface area contributed by atoms with E-state index in [-0.39, 0.29) is 5.91 Å². The molecule has 1 saturated carbocycles. The second-order valence-corrected chi connectivity index (χ2v) is 3.70. The summed E-state index contributed by atoms with van der Waals surface area (Å²) in [5, 5.41) is 11.9. The van der Waals surface area contributed by atoms with Gasteiger partial charge in [-0.3, -0.25) is 9.63 Å².